The van der Waals surface area contributed by atoms with Crippen LogP contribution < -0.4 is 5.32 Å². The third-order valence-corrected chi connectivity index (χ3v) is 3.76. The van der Waals surface area contributed by atoms with Crippen LogP contribution in [0.1, 0.15) is 61.0 Å². The van der Waals surface area contributed by atoms with Crippen molar-refractivity contribution < 1.29 is 9.90 Å². The molecule has 0 unspecified atom stereocenters. The number of anilines is 1. The fraction of sp³-hybridized carbons (Fsp3) is 0.316. The molecule has 0 fully saturated rings. The number of phenols is 1. The first-order valence-corrected chi connectivity index (χ1v) is 7.64. The van der Waals surface area contributed by atoms with E-state index in [4.69, 9.17) is 0 Å². The molecule has 3 nitrogen and oxygen atoms in total. The molecule has 2 rings (SSSR count). The number of para-hydroxylation sites is 2. The smallest absolute Gasteiger partial charge is 0.259 e. The van der Waals surface area contributed by atoms with Crippen molar-refractivity contribution >= 4 is 11.6 Å². The molecule has 0 saturated heterocycles. The highest BCUT2D eigenvalue weighted by atomic mass is 16.3. The first-order chi connectivity index (χ1) is 10.4. The van der Waals surface area contributed by atoms with Crippen molar-refractivity contribution in [1.82, 2.24) is 0 Å². The highest BCUT2D eigenvalue weighted by Gasteiger charge is 2.18. The molecule has 0 atom stereocenters. The summed E-state index contributed by atoms with van der Waals surface area (Å²) in [6.45, 7) is 8.42. The Morgan fingerprint density at radius 2 is 1.45 bits per heavy atom. The molecule has 0 aliphatic carbocycles. The standard InChI is InChI=1S/C19H23NO2/c1-12(2)14-9-7-10-15(13(3)4)18(14)20-19(22)16-8-5-6-11-17(16)21/h5-13,21H,1-4H3,(H,20,22). The van der Waals surface area contributed by atoms with E-state index in [-0.39, 0.29) is 17.2 Å². The molecule has 3 heteroatoms. The number of amides is 1. The van der Waals surface area contributed by atoms with E-state index in [0.29, 0.717) is 11.8 Å². The van der Waals surface area contributed by atoms with Crippen molar-refractivity contribution in [2.75, 3.05) is 5.32 Å². The Balaban J connectivity index is 2.44. The molecule has 0 bridgehead atoms. The third kappa shape index (κ3) is 3.30. The molecule has 116 valence electrons. The van der Waals surface area contributed by atoms with E-state index in [2.05, 4.69) is 33.0 Å². The quantitative estimate of drug-likeness (QED) is 0.844. The van der Waals surface area contributed by atoms with Gasteiger partial charge in [0.2, 0.25) is 0 Å². The molecule has 1 amide bonds. The van der Waals surface area contributed by atoms with Crippen LogP contribution >= 0.6 is 0 Å². The topological polar surface area (TPSA) is 49.3 Å². The summed E-state index contributed by atoms with van der Waals surface area (Å²) in [4.78, 5) is 12.5. The lowest BCUT2D eigenvalue weighted by atomic mass is 9.92. The average Bonchev–Trinajstić information content (AvgIpc) is 2.47. The molecule has 0 aliphatic heterocycles. The maximum absolute atomic E-state index is 12.5. The number of nitrogens with one attached hydrogen (secondary N) is 1. The molecule has 0 radical (unpaired) electrons. The predicted octanol–water partition coefficient (Wildman–Crippen LogP) is 4.89. The van der Waals surface area contributed by atoms with E-state index in [1.165, 1.54) is 6.07 Å². The molecule has 0 saturated carbocycles. The molecule has 2 N–H and O–H groups in total. The van der Waals surface area contributed by atoms with Crippen LogP contribution in [0.2, 0.25) is 0 Å². The SMILES string of the molecule is CC(C)c1cccc(C(C)C)c1NC(=O)c1ccccc1O. The maximum atomic E-state index is 12.5. The van der Waals surface area contributed by atoms with E-state index >= 15 is 0 Å². The van der Waals surface area contributed by atoms with Gasteiger partial charge in [-0.1, -0.05) is 58.0 Å². The van der Waals surface area contributed by atoms with Crippen molar-refractivity contribution in [2.24, 2.45) is 0 Å². The van der Waals surface area contributed by atoms with Crippen molar-refractivity contribution in [3.8, 4) is 5.75 Å². The molecule has 0 aromatic heterocycles. The normalized spacial score (nSPS) is 11.0. The zero-order chi connectivity index (χ0) is 16.3. The van der Waals surface area contributed by atoms with Gasteiger partial charge in [-0.25, -0.2) is 0 Å². The summed E-state index contributed by atoms with van der Waals surface area (Å²) >= 11 is 0. The van der Waals surface area contributed by atoms with Gasteiger partial charge < -0.3 is 10.4 Å². The summed E-state index contributed by atoms with van der Waals surface area (Å²) < 4.78 is 0. The van der Waals surface area contributed by atoms with Gasteiger partial charge in [-0.05, 0) is 35.1 Å². The van der Waals surface area contributed by atoms with E-state index < -0.39 is 0 Å². The van der Waals surface area contributed by atoms with Gasteiger partial charge in [-0.15, -0.1) is 0 Å². The summed E-state index contributed by atoms with van der Waals surface area (Å²) in [5, 5.41) is 12.9. The first kappa shape index (κ1) is 16.1. The Bertz CT molecular complexity index is 649. The van der Waals surface area contributed by atoms with Crippen LogP contribution in [0.4, 0.5) is 5.69 Å². The van der Waals surface area contributed by atoms with Gasteiger partial charge in [0.1, 0.15) is 5.75 Å². The summed E-state index contributed by atoms with van der Waals surface area (Å²) in [6, 6.07) is 12.7. The zero-order valence-corrected chi connectivity index (χ0v) is 13.6. The van der Waals surface area contributed by atoms with Crippen LogP contribution in [0.5, 0.6) is 5.75 Å². The number of phenolic OH excluding ortho intramolecular Hbond substituents is 1. The van der Waals surface area contributed by atoms with Gasteiger partial charge in [0.15, 0.2) is 0 Å². The van der Waals surface area contributed by atoms with Gasteiger partial charge in [0.05, 0.1) is 5.56 Å². The molecular formula is C19H23NO2. The second-order valence-corrected chi connectivity index (χ2v) is 6.09. The van der Waals surface area contributed by atoms with Crippen molar-refractivity contribution in [1.29, 1.82) is 0 Å². The van der Waals surface area contributed by atoms with Crippen LogP contribution in [0.25, 0.3) is 0 Å². The van der Waals surface area contributed by atoms with Crippen molar-refractivity contribution in [3.63, 3.8) is 0 Å². The van der Waals surface area contributed by atoms with Gasteiger partial charge in [-0.3, -0.25) is 4.79 Å². The largest absolute Gasteiger partial charge is 0.507 e. The maximum Gasteiger partial charge on any atom is 0.259 e. The molecule has 2 aromatic carbocycles. The average molecular weight is 297 g/mol. The minimum absolute atomic E-state index is 0.00637. The molecule has 0 heterocycles. The van der Waals surface area contributed by atoms with Crippen LogP contribution in [0.3, 0.4) is 0 Å². The van der Waals surface area contributed by atoms with Crippen molar-refractivity contribution in [3.05, 3.63) is 59.2 Å². The molecule has 2 aromatic rings. The minimum atomic E-state index is -0.284. The molecule has 22 heavy (non-hydrogen) atoms. The second-order valence-electron chi connectivity index (χ2n) is 6.09. The van der Waals surface area contributed by atoms with Crippen LogP contribution in [-0.2, 0) is 0 Å². The number of hydrogen-bond donors (Lipinski definition) is 2. The monoisotopic (exact) mass is 297 g/mol. The van der Waals surface area contributed by atoms with Gasteiger partial charge in [0.25, 0.3) is 5.91 Å². The van der Waals surface area contributed by atoms with E-state index in [0.717, 1.165) is 16.8 Å². The zero-order valence-electron chi connectivity index (χ0n) is 13.6. The number of aromatic hydroxyl groups is 1. The highest BCUT2D eigenvalue weighted by molar-refractivity contribution is 6.06. The number of hydrogen-bond acceptors (Lipinski definition) is 2. The lowest BCUT2D eigenvalue weighted by Gasteiger charge is -2.20. The second kappa shape index (κ2) is 6.65. The van der Waals surface area contributed by atoms with Crippen LogP contribution in [0, 0.1) is 0 Å². The summed E-state index contributed by atoms with van der Waals surface area (Å²) in [7, 11) is 0. The van der Waals surface area contributed by atoms with Gasteiger partial charge in [0, 0.05) is 5.69 Å². The van der Waals surface area contributed by atoms with Crippen molar-refractivity contribution in [2.45, 2.75) is 39.5 Å². The summed E-state index contributed by atoms with van der Waals surface area (Å²) in [6.07, 6.45) is 0. The Labute approximate surface area is 132 Å². The molecule has 0 aliphatic rings. The lowest BCUT2D eigenvalue weighted by Crippen LogP contribution is -2.16. The molecule has 0 spiro atoms. The van der Waals surface area contributed by atoms with E-state index in [1.54, 1.807) is 18.2 Å². The Kier molecular flexibility index (Phi) is 4.86. The van der Waals surface area contributed by atoms with Crippen LogP contribution in [-0.4, -0.2) is 11.0 Å². The fourth-order valence-electron chi connectivity index (χ4n) is 2.54. The number of benzene rings is 2. The Morgan fingerprint density at radius 1 is 0.909 bits per heavy atom. The number of rotatable bonds is 4. The van der Waals surface area contributed by atoms with Crippen LogP contribution in [0.15, 0.2) is 42.5 Å². The Hall–Kier alpha value is -2.29. The van der Waals surface area contributed by atoms with E-state index in [9.17, 15) is 9.90 Å². The number of carbonyl (C=O) groups excluding carboxylic acids is 1. The lowest BCUT2D eigenvalue weighted by molar-refractivity contribution is 0.102. The summed E-state index contributed by atoms with van der Waals surface area (Å²) in [5.41, 5.74) is 3.36. The van der Waals surface area contributed by atoms with E-state index in [1.807, 2.05) is 18.2 Å². The fourth-order valence-corrected chi connectivity index (χ4v) is 2.54. The number of carbonyl (C=O) groups is 1. The Morgan fingerprint density at radius 3 is 1.95 bits per heavy atom. The predicted molar refractivity (Wildman–Crippen MR) is 90.7 cm³/mol. The highest BCUT2D eigenvalue weighted by Crippen LogP contribution is 2.33. The molecular weight excluding hydrogens is 274 g/mol. The van der Waals surface area contributed by atoms with Gasteiger partial charge >= 0.3 is 0 Å². The summed E-state index contributed by atoms with van der Waals surface area (Å²) in [5.74, 6) is 0.318. The minimum Gasteiger partial charge on any atom is -0.507 e. The first-order valence-electron chi connectivity index (χ1n) is 7.64. The third-order valence-electron chi connectivity index (χ3n) is 3.76. The van der Waals surface area contributed by atoms with Gasteiger partial charge in [-0.2, -0.15) is 0 Å².